The van der Waals surface area contributed by atoms with E-state index in [1.165, 1.54) is 0 Å². The topological polar surface area (TPSA) is 75.3 Å². The van der Waals surface area contributed by atoms with E-state index in [9.17, 15) is 26.4 Å². The Hall–Kier alpha value is -1.77. The van der Waals surface area contributed by atoms with Crippen molar-refractivity contribution >= 4 is 27.3 Å². The van der Waals surface area contributed by atoms with E-state index >= 15 is 0 Å². The van der Waals surface area contributed by atoms with Gasteiger partial charge in [0.05, 0.1) is 23.2 Å². The van der Waals surface area contributed by atoms with E-state index in [1.807, 2.05) is 0 Å². The van der Waals surface area contributed by atoms with Gasteiger partial charge in [0, 0.05) is 6.42 Å². The van der Waals surface area contributed by atoms with Gasteiger partial charge in [0.1, 0.15) is 0 Å². The predicted molar refractivity (Wildman–Crippen MR) is 85.1 cm³/mol. The largest absolute Gasteiger partial charge is 0.416 e. The SMILES string of the molecule is CS(=O)(=O)Nc1ccc(C(F)(F)F)cc1NC(=O)CC1CCCC1. The molecule has 134 valence electrons. The van der Waals surface area contributed by atoms with Gasteiger partial charge in [0.25, 0.3) is 0 Å². The Kier molecular flexibility index (Phi) is 5.42. The molecule has 1 aromatic carbocycles. The molecule has 0 aromatic heterocycles. The van der Waals surface area contributed by atoms with Crippen LogP contribution in [-0.4, -0.2) is 20.6 Å². The lowest BCUT2D eigenvalue weighted by molar-refractivity contribution is -0.137. The summed E-state index contributed by atoms with van der Waals surface area (Å²) in [5, 5.41) is 2.41. The van der Waals surface area contributed by atoms with E-state index in [1.54, 1.807) is 0 Å². The Balaban J connectivity index is 2.23. The number of alkyl halides is 3. The van der Waals surface area contributed by atoms with Crippen LogP contribution in [0.25, 0.3) is 0 Å². The van der Waals surface area contributed by atoms with E-state index < -0.39 is 27.7 Å². The molecule has 0 atom stereocenters. The molecule has 1 aliphatic carbocycles. The molecule has 9 heteroatoms. The van der Waals surface area contributed by atoms with Crippen LogP contribution in [0.4, 0.5) is 24.5 Å². The number of benzene rings is 1. The van der Waals surface area contributed by atoms with Gasteiger partial charge in [-0.15, -0.1) is 0 Å². The molecular weight excluding hydrogens is 345 g/mol. The molecule has 0 aliphatic heterocycles. The maximum Gasteiger partial charge on any atom is 0.416 e. The summed E-state index contributed by atoms with van der Waals surface area (Å²) >= 11 is 0. The van der Waals surface area contributed by atoms with Crippen LogP contribution in [0.2, 0.25) is 0 Å². The number of amides is 1. The summed E-state index contributed by atoms with van der Waals surface area (Å²) in [6.07, 6.45) is 0.442. The molecule has 0 radical (unpaired) electrons. The molecule has 1 aliphatic rings. The Morgan fingerprint density at radius 1 is 1.21 bits per heavy atom. The van der Waals surface area contributed by atoms with Crippen molar-refractivity contribution < 1.29 is 26.4 Å². The molecule has 24 heavy (non-hydrogen) atoms. The van der Waals surface area contributed by atoms with Crippen LogP contribution in [0.5, 0.6) is 0 Å². The summed E-state index contributed by atoms with van der Waals surface area (Å²) < 4.78 is 63.4. The van der Waals surface area contributed by atoms with Gasteiger partial charge in [-0.1, -0.05) is 12.8 Å². The van der Waals surface area contributed by atoms with Gasteiger partial charge < -0.3 is 5.32 Å². The van der Waals surface area contributed by atoms with Gasteiger partial charge in [0.15, 0.2) is 0 Å². The molecule has 0 spiro atoms. The maximum absolute atomic E-state index is 12.9. The zero-order chi connectivity index (χ0) is 18.0. The molecule has 1 fully saturated rings. The highest BCUT2D eigenvalue weighted by atomic mass is 32.2. The molecule has 5 nitrogen and oxygen atoms in total. The van der Waals surface area contributed by atoms with Crippen molar-refractivity contribution in [2.75, 3.05) is 16.3 Å². The first-order chi connectivity index (χ1) is 11.0. The van der Waals surface area contributed by atoms with Crippen LogP contribution in [0, 0.1) is 5.92 Å². The van der Waals surface area contributed by atoms with Crippen molar-refractivity contribution in [3.63, 3.8) is 0 Å². The Morgan fingerprint density at radius 3 is 2.38 bits per heavy atom. The summed E-state index contributed by atoms with van der Waals surface area (Å²) in [6.45, 7) is 0. The van der Waals surface area contributed by atoms with E-state index in [-0.39, 0.29) is 23.7 Å². The monoisotopic (exact) mass is 364 g/mol. The van der Waals surface area contributed by atoms with Gasteiger partial charge in [-0.2, -0.15) is 13.2 Å². The van der Waals surface area contributed by atoms with E-state index in [0.29, 0.717) is 0 Å². The molecule has 2 N–H and O–H groups in total. The zero-order valence-electron chi connectivity index (χ0n) is 13.1. The summed E-state index contributed by atoms with van der Waals surface area (Å²) in [7, 11) is -3.69. The number of halogens is 3. The Bertz CT molecular complexity index is 711. The molecule has 0 bridgehead atoms. The van der Waals surface area contributed by atoms with Gasteiger partial charge in [-0.3, -0.25) is 9.52 Å². The molecule has 0 heterocycles. The second kappa shape index (κ2) is 7.00. The third kappa shape index (κ3) is 5.40. The van der Waals surface area contributed by atoms with Crippen LogP contribution < -0.4 is 10.0 Å². The highest BCUT2D eigenvalue weighted by molar-refractivity contribution is 7.92. The molecule has 1 amide bonds. The van der Waals surface area contributed by atoms with E-state index in [0.717, 1.165) is 50.1 Å². The van der Waals surface area contributed by atoms with Crippen molar-refractivity contribution in [1.82, 2.24) is 0 Å². The molecule has 0 unspecified atom stereocenters. The Morgan fingerprint density at radius 2 is 1.83 bits per heavy atom. The lowest BCUT2D eigenvalue weighted by atomic mass is 10.0. The first kappa shape index (κ1) is 18.6. The number of carbonyl (C=O) groups excluding carboxylic acids is 1. The molecule has 1 saturated carbocycles. The number of rotatable bonds is 5. The number of nitrogens with one attached hydrogen (secondary N) is 2. The lowest BCUT2D eigenvalue weighted by Gasteiger charge is -2.16. The average molecular weight is 364 g/mol. The lowest BCUT2D eigenvalue weighted by Crippen LogP contribution is -2.18. The number of carbonyl (C=O) groups is 1. The van der Waals surface area contributed by atoms with Crippen molar-refractivity contribution in [1.29, 1.82) is 0 Å². The van der Waals surface area contributed by atoms with Gasteiger partial charge >= 0.3 is 6.18 Å². The normalized spacial score (nSPS) is 16.2. The number of hydrogen-bond donors (Lipinski definition) is 2. The van der Waals surface area contributed by atoms with Crippen molar-refractivity contribution in [2.45, 2.75) is 38.3 Å². The fourth-order valence-electron chi connectivity index (χ4n) is 2.79. The van der Waals surface area contributed by atoms with Crippen LogP contribution >= 0.6 is 0 Å². The van der Waals surface area contributed by atoms with Crippen LogP contribution in [0.1, 0.15) is 37.7 Å². The minimum atomic E-state index is -4.59. The number of anilines is 2. The number of hydrogen-bond acceptors (Lipinski definition) is 3. The fraction of sp³-hybridized carbons (Fsp3) is 0.533. The zero-order valence-corrected chi connectivity index (χ0v) is 13.9. The van der Waals surface area contributed by atoms with Crippen LogP contribution in [0.3, 0.4) is 0 Å². The van der Waals surface area contributed by atoms with E-state index in [4.69, 9.17) is 0 Å². The quantitative estimate of drug-likeness (QED) is 0.838. The van der Waals surface area contributed by atoms with Crippen LogP contribution in [-0.2, 0) is 21.0 Å². The summed E-state index contributed by atoms with van der Waals surface area (Å²) in [6, 6.07) is 2.50. The molecule has 2 rings (SSSR count). The smallest absolute Gasteiger partial charge is 0.324 e. The summed E-state index contributed by atoms with van der Waals surface area (Å²) in [5.41, 5.74) is -1.25. The Labute approximate surface area is 138 Å². The van der Waals surface area contributed by atoms with E-state index in [2.05, 4.69) is 10.0 Å². The average Bonchev–Trinajstić information content (AvgIpc) is 2.90. The van der Waals surface area contributed by atoms with Crippen molar-refractivity contribution in [2.24, 2.45) is 5.92 Å². The highest BCUT2D eigenvalue weighted by Crippen LogP contribution is 2.35. The van der Waals surface area contributed by atoms with Crippen molar-refractivity contribution in [3.05, 3.63) is 23.8 Å². The third-order valence-corrected chi connectivity index (χ3v) is 4.46. The second-order valence-electron chi connectivity index (χ2n) is 6.04. The minimum Gasteiger partial charge on any atom is -0.324 e. The standard InChI is InChI=1S/C15H19F3N2O3S/c1-24(22,23)20-12-7-6-11(15(16,17)18)9-13(12)19-14(21)8-10-4-2-3-5-10/h6-7,9-10,20H,2-5,8H2,1H3,(H,19,21). The fourth-order valence-corrected chi connectivity index (χ4v) is 3.37. The minimum absolute atomic E-state index is 0.0923. The van der Waals surface area contributed by atoms with Gasteiger partial charge in [-0.25, -0.2) is 8.42 Å². The van der Waals surface area contributed by atoms with Crippen molar-refractivity contribution in [3.8, 4) is 0 Å². The summed E-state index contributed by atoms with van der Waals surface area (Å²) in [4.78, 5) is 12.1. The molecule has 1 aromatic rings. The highest BCUT2D eigenvalue weighted by Gasteiger charge is 2.31. The van der Waals surface area contributed by atoms with Crippen LogP contribution in [0.15, 0.2) is 18.2 Å². The molecule has 0 saturated heterocycles. The maximum atomic E-state index is 12.9. The first-order valence-corrected chi connectivity index (χ1v) is 9.42. The van der Waals surface area contributed by atoms with Gasteiger partial charge in [0.2, 0.25) is 15.9 Å². The predicted octanol–water partition coefficient (Wildman–Crippen LogP) is 3.60. The second-order valence-corrected chi connectivity index (χ2v) is 7.78. The number of sulfonamides is 1. The first-order valence-electron chi connectivity index (χ1n) is 7.53. The van der Waals surface area contributed by atoms with Gasteiger partial charge in [-0.05, 0) is 37.0 Å². The third-order valence-electron chi connectivity index (χ3n) is 3.87. The summed E-state index contributed by atoms with van der Waals surface area (Å²) in [5.74, 6) is -0.195. The molecular formula is C15H19F3N2O3S.